The standard InChI is InChI=1S/C25H40N2O8/c1-5-15-34-25(31)27(18(2)3)24(35-22-13-7-9-16-33-22)20-11-6-8-14-26(20)23(30)19(4)32-17-10-12-21(28)29/h5,19-20,22,24H,1-2,6-17H2,3-4H3,(H,28,29)/t19?,20-,22?,24?/m0/s1. The summed E-state index contributed by atoms with van der Waals surface area (Å²) in [5, 5.41) is 8.81. The van der Waals surface area contributed by atoms with Crippen LogP contribution in [-0.2, 0) is 28.5 Å². The molecule has 0 bridgehead atoms. The Morgan fingerprint density at radius 1 is 1.23 bits per heavy atom. The van der Waals surface area contributed by atoms with Gasteiger partial charge in [-0.1, -0.05) is 19.2 Å². The Labute approximate surface area is 207 Å². The number of likely N-dealkylation sites (tertiary alicyclic amines) is 1. The van der Waals surface area contributed by atoms with E-state index in [1.54, 1.807) is 18.7 Å². The topological polar surface area (TPSA) is 115 Å². The van der Waals surface area contributed by atoms with Gasteiger partial charge in [-0.2, -0.15) is 0 Å². The summed E-state index contributed by atoms with van der Waals surface area (Å²) < 4.78 is 23.1. The van der Waals surface area contributed by atoms with Gasteiger partial charge in [-0.25, -0.2) is 4.79 Å². The lowest BCUT2D eigenvalue weighted by Crippen LogP contribution is -2.60. The van der Waals surface area contributed by atoms with E-state index in [-0.39, 0.29) is 25.5 Å². The molecule has 198 valence electrons. The van der Waals surface area contributed by atoms with Gasteiger partial charge in [0.05, 0.1) is 6.04 Å². The summed E-state index contributed by atoms with van der Waals surface area (Å²) in [5.74, 6) is -1.14. The average molecular weight is 497 g/mol. The minimum atomic E-state index is -0.906. The highest BCUT2D eigenvalue weighted by atomic mass is 16.7. The Hall–Kier alpha value is -2.43. The zero-order chi connectivity index (χ0) is 25.8. The quantitative estimate of drug-likeness (QED) is 0.233. The largest absolute Gasteiger partial charge is 0.481 e. The lowest BCUT2D eigenvalue weighted by molar-refractivity contribution is -0.229. The number of ether oxygens (including phenoxy) is 4. The number of carboxylic acid groups (broad SMARTS) is 1. The van der Waals surface area contributed by atoms with E-state index in [1.807, 2.05) is 0 Å². The molecule has 1 N–H and O–H groups in total. The van der Waals surface area contributed by atoms with Crippen molar-refractivity contribution < 1.29 is 38.4 Å². The number of carboxylic acids is 1. The Bertz CT molecular complexity index is 737. The van der Waals surface area contributed by atoms with Crippen LogP contribution in [0.25, 0.3) is 0 Å². The molecule has 10 heteroatoms. The number of allylic oxidation sites excluding steroid dienone is 1. The van der Waals surface area contributed by atoms with Gasteiger partial charge in [0, 0.05) is 31.9 Å². The molecule has 2 rings (SSSR count). The van der Waals surface area contributed by atoms with Crippen LogP contribution in [0.1, 0.15) is 65.2 Å². The van der Waals surface area contributed by atoms with Gasteiger partial charge in [-0.3, -0.25) is 14.5 Å². The van der Waals surface area contributed by atoms with Crippen molar-refractivity contribution in [2.45, 2.75) is 89.9 Å². The number of amides is 2. The highest BCUT2D eigenvalue weighted by Gasteiger charge is 2.42. The van der Waals surface area contributed by atoms with Crippen molar-refractivity contribution in [1.29, 1.82) is 0 Å². The van der Waals surface area contributed by atoms with Crippen molar-refractivity contribution in [3.8, 4) is 0 Å². The number of carbonyl (C=O) groups is 3. The van der Waals surface area contributed by atoms with E-state index in [2.05, 4.69) is 13.2 Å². The molecule has 3 unspecified atom stereocenters. The number of aliphatic carboxylic acids is 1. The monoisotopic (exact) mass is 496 g/mol. The number of rotatable bonds is 13. The van der Waals surface area contributed by atoms with Crippen molar-refractivity contribution in [2.24, 2.45) is 0 Å². The van der Waals surface area contributed by atoms with Crippen molar-refractivity contribution in [3.63, 3.8) is 0 Å². The molecule has 35 heavy (non-hydrogen) atoms. The summed E-state index contributed by atoms with van der Waals surface area (Å²) in [6.07, 6.45) is 3.90. The van der Waals surface area contributed by atoms with Gasteiger partial charge in [0.15, 0.2) is 12.5 Å². The maximum atomic E-state index is 13.4. The molecule has 2 aliphatic heterocycles. The molecular weight excluding hydrogens is 456 g/mol. The Balaban J connectivity index is 2.25. The van der Waals surface area contributed by atoms with Gasteiger partial charge < -0.3 is 29.0 Å². The van der Waals surface area contributed by atoms with Gasteiger partial charge in [0.1, 0.15) is 12.7 Å². The summed E-state index contributed by atoms with van der Waals surface area (Å²) in [7, 11) is 0. The fourth-order valence-electron chi connectivity index (χ4n) is 4.29. The van der Waals surface area contributed by atoms with E-state index >= 15 is 0 Å². The van der Waals surface area contributed by atoms with Crippen molar-refractivity contribution in [2.75, 3.05) is 26.4 Å². The van der Waals surface area contributed by atoms with Crippen LogP contribution in [0.5, 0.6) is 0 Å². The average Bonchev–Trinajstić information content (AvgIpc) is 2.84. The maximum absolute atomic E-state index is 13.4. The van der Waals surface area contributed by atoms with E-state index in [9.17, 15) is 14.4 Å². The van der Waals surface area contributed by atoms with Crippen LogP contribution in [0.3, 0.4) is 0 Å². The second kappa shape index (κ2) is 14.9. The van der Waals surface area contributed by atoms with Crippen LogP contribution in [0, 0.1) is 0 Å². The van der Waals surface area contributed by atoms with Crippen LogP contribution < -0.4 is 0 Å². The number of nitrogens with zero attached hydrogens (tertiary/aromatic N) is 2. The summed E-state index contributed by atoms with van der Waals surface area (Å²) >= 11 is 0. The minimum Gasteiger partial charge on any atom is -0.481 e. The molecule has 0 aromatic rings. The number of carbonyl (C=O) groups excluding carboxylic acids is 2. The fourth-order valence-corrected chi connectivity index (χ4v) is 4.29. The van der Waals surface area contributed by atoms with Gasteiger partial charge in [0.2, 0.25) is 0 Å². The number of hydrogen-bond donors (Lipinski definition) is 1. The Morgan fingerprint density at radius 3 is 2.60 bits per heavy atom. The van der Waals surface area contributed by atoms with Crippen molar-refractivity contribution in [3.05, 3.63) is 24.9 Å². The first-order chi connectivity index (χ1) is 16.8. The molecule has 2 fully saturated rings. The Kier molecular flexibility index (Phi) is 12.2. The van der Waals surface area contributed by atoms with Gasteiger partial charge in [-0.15, -0.1) is 0 Å². The second-order valence-electron chi connectivity index (χ2n) is 8.90. The van der Waals surface area contributed by atoms with Gasteiger partial charge in [0.25, 0.3) is 5.91 Å². The summed E-state index contributed by atoms with van der Waals surface area (Å²) in [5.41, 5.74) is 0.427. The molecular formula is C25H40N2O8. The predicted octanol–water partition coefficient (Wildman–Crippen LogP) is 3.66. The van der Waals surface area contributed by atoms with Crippen LogP contribution >= 0.6 is 0 Å². The zero-order valence-corrected chi connectivity index (χ0v) is 21.0. The van der Waals surface area contributed by atoms with Crippen LogP contribution in [0.4, 0.5) is 4.79 Å². The van der Waals surface area contributed by atoms with E-state index in [0.29, 0.717) is 38.1 Å². The molecule has 4 atom stereocenters. The highest BCUT2D eigenvalue weighted by molar-refractivity contribution is 5.81. The Morgan fingerprint density at radius 2 is 1.97 bits per heavy atom. The second-order valence-corrected chi connectivity index (χ2v) is 8.90. The SMILES string of the molecule is C=CCOC(=O)N(C(=C)C)C(OC1CCCCO1)[C@@H]1CCCCN1C(=O)C(C)OCCCC(=O)O. The smallest absolute Gasteiger partial charge is 0.416 e. The van der Waals surface area contributed by atoms with E-state index < -0.39 is 36.7 Å². The van der Waals surface area contributed by atoms with Gasteiger partial charge in [-0.05, 0) is 58.8 Å². The van der Waals surface area contributed by atoms with Gasteiger partial charge >= 0.3 is 12.1 Å². The van der Waals surface area contributed by atoms with Crippen molar-refractivity contribution >= 4 is 18.0 Å². The normalized spacial score (nSPS) is 22.1. The summed E-state index contributed by atoms with van der Waals surface area (Å²) in [4.78, 5) is 40.2. The predicted molar refractivity (Wildman–Crippen MR) is 128 cm³/mol. The molecule has 0 aromatic heterocycles. The molecule has 0 radical (unpaired) electrons. The summed E-state index contributed by atoms with van der Waals surface area (Å²) in [6.45, 7) is 12.2. The molecule has 10 nitrogen and oxygen atoms in total. The highest BCUT2D eigenvalue weighted by Crippen LogP contribution is 2.29. The first-order valence-electron chi connectivity index (χ1n) is 12.4. The van der Waals surface area contributed by atoms with Crippen molar-refractivity contribution in [1.82, 2.24) is 9.80 Å². The minimum absolute atomic E-state index is 0.0229. The third-order valence-corrected chi connectivity index (χ3v) is 6.03. The first-order valence-corrected chi connectivity index (χ1v) is 12.4. The molecule has 0 spiro atoms. The third-order valence-electron chi connectivity index (χ3n) is 6.03. The number of hydrogen-bond acceptors (Lipinski definition) is 7. The molecule has 2 heterocycles. The summed E-state index contributed by atoms with van der Waals surface area (Å²) in [6, 6.07) is -0.458. The molecule has 2 aliphatic rings. The first kappa shape index (κ1) is 28.8. The maximum Gasteiger partial charge on any atom is 0.416 e. The fraction of sp³-hybridized carbons (Fsp3) is 0.720. The van der Waals surface area contributed by atoms with Crippen LogP contribution in [0.15, 0.2) is 24.9 Å². The lowest BCUT2D eigenvalue weighted by Gasteiger charge is -2.45. The third kappa shape index (κ3) is 8.94. The molecule has 2 saturated heterocycles. The van der Waals surface area contributed by atoms with E-state index in [4.69, 9.17) is 24.1 Å². The van der Waals surface area contributed by atoms with E-state index in [1.165, 1.54) is 11.0 Å². The van der Waals surface area contributed by atoms with Crippen LogP contribution in [0.2, 0.25) is 0 Å². The lowest BCUT2D eigenvalue weighted by atomic mass is 9.98. The van der Waals surface area contributed by atoms with Crippen LogP contribution in [-0.4, -0.2) is 83.9 Å². The molecule has 0 aromatic carbocycles. The van der Waals surface area contributed by atoms with E-state index in [0.717, 1.165) is 25.7 Å². The molecule has 0 saturated carbocycles. The molecule has 0 aliphatic carbocycles. The molecule has 2 amide bonds. The number of piperidine rings is 1. The zero-order valence-electron chi connectivity index (χ0n) is 21.0.